The van der Waals surface area contributed by atoms with E-state index in [0.717, 1.165) is 193 Å². The summed E-state index contributed by atoms with van der Waals surface area (Å²) in [6, 6.07) is 23.0. The van der Waals surface area contributed by atoms with Crippen LogP contribution in [0.4, 0.5) is 0 Å². The molecule has 0 saturated carbocycles. The number of carbonyl (C=O) groups is 18. The first kappa shape index (κ1) is 112. The van der Waals surface area contributed by atoms with E-state index in [2.05, 4.69) is 125 Å². The maximum Gasteiger partial charge on any atom is 0.266 e. The topological polar surface area (TPSA) is 422 Å². The molecule has 6 fully saturated rings. The fourth-order valence-electron chi connectivity index (χ4n) is 20.6. The van der Waals surface area contributed by atoms with Gasteiger partial charge in [0.25, 0.3) is 47.3 Å². The van der Waals surface area contributed by atoms with Crippen molar-refractivity contribution in [1.82, 2.24) is 80.5 Å². The normalized spacial score (nSPS) is 20.0. The molecule has 18 amide bonds. The van der Waals surface area contributed by atoms with Gasteiger partial charge in [0.1, 0.15) is 41.7 Å². The summed E-state index contributed by atoms with van der Waals surface area (Å²) < 4.78 is 11.8. The largest absolute Gasteiger partial charge is 0.493 e. The molecule has 5 N–H and O–H groups in total. The zero-order chi connectivity index (χ0) is 105. The van der Waals surface area contributed by atoms with Crippen LogP contribution in [0.15, 0.2) is 91.0 Å². The van der Waals surface area contributed by atoms with Gasteiger partial charge in [0.2, 0.25) is 59.1 Å². The molecule has 11 aliphatic rings. The van der Waals surface area contributed by atoms with Gasteiger partial charge in [-0.05, 0) is 293 Å². The highest BCUT2D eigenvalue weighted by Crippen LogP contribution is 2.39. The van der Waals surface area contributed by atoms with Crippen molar-refractivity contribution in [3.05, 3.63) is 163 Å². The Morgan fingerprint density at radius 2 is 0.596 bits per heavy atom. The lowest BCUT2D eigenvalue weighted by Crippen LogP contribution is -2.54. The molecule has 36 nitrogen and oxygen atoms in total. The van der Waals surface area contributed by atoms with Crippen molar-refractivity contribution in [2.24, 2.45) is 0 Å². The van der Waals surface area contributed by atoms with Crippen LogP contribution in [-0.4, -0.2) is 323 Å². The molecule has 0 radical (unpaired) electrons. The quantitative estimate of drug-likeness (QED) is 0.0179. The first-order valence-electron chi connectivity index (χ1n) is 52.9. The van der Waals surface area contributed by atoms with E-state index in [4.69, 9.17) is 9.47 Å². The molecule has 5 atom stereocenters. The lowest BCUT2D eigenvalue weighted by atomic mass is 9.98. The van der Waals surface area contributed by atoms with Crippen molar-refractivity contribution < 1.29 is 95.8 Å². The van der Waals surface area contributed by atoms with Gasteiger partial charge in [0.15, 0.2) is 0 Å². The number of nitrogens with one attached hydrogen (secondary N) is 5. The number of hydrogen-bond acceptors (Lipinski definition) is 26. The number of fused-ring (bicyclic) bond motifs is 5. The number of ether oxygens (including phenoxy) is 2. The third-order valence-electron chi connectivity index (χ3n) is 28.8. The fourth-order valence-corrected chi connectivity index (χ4v) is 20.6. The van der Waals surface area contributed by atoms with E-state index in [1.54, 1.807) is 52.3 Å². The Bertz CT molecular complexity index is 5350. The molecule has 0 aromatic heterocycles. The molecule has 5 aromatic rings. The number of unbranched alkanes of at least 4 members (excludes halogenated alkanes) is 6. The first-order valence-corrected chi connectivity index (χ1v) is 52.9. The fraction of sp³-hybridized carbons (Fsp3) is 0.564. The van der Waals surface area contributed by atoms with Crippen LogP contribution in [0.2, 0.25) is 0 Å². The zero-order valence-corrected chi connectivity index (χ0v) is 86.6. The van der Waals surface area contributed by atoms with Gasteiger partial charge in [0.05, 0.1) is 53.1 Å². The lowest BCUT2D eigenvalue weighted by Gasteiger charge is -2.29. The van der Waals surface area contributed by atoms with Crippen LogP contribution < -0.4 is 36.1 Å². The van der Waals surface area contributed by atoms with Gasteiger partial charge >= 0.3 is 0 Å². The summed E-state index contributed by atoms with van der Waals surface area (Å²) in [5.41, 5.74) is 8.09. The lowest BCUT2D eigenvalue weighted by molar-refractivity contribution is -0.138. The van der Waals surface area contributed by atoms with E-state index in [-0.39, 0.29) is 104 Å². The summed E-state index contributed by atoms with van der Waals surface area (Å²) in [6.07, 6.45) is 23.2. The van der Waals surface area contributed by atoms with Gasteiger partial charge in [-0.3, -0.25) is 128 Å². The molecule has 0 spiro atoms. The van der Waals surface area contributed by atoms with Crippen LogP contribution in [0, 0.1) is 0 Å². The molecule has 0 bridgehead atoms. The molecule has 5 aromatic carbocycles. The molecule has 0 aliphatic carbocycles. The summed E-state index contributed by atoms with van der Waals surface area (Å²) in [4.78, 5) is 242. The molecular formula is C110H148N16O20. The standard InChI is InChI=1S/C24H32N4O4.C22H29N3O4.C22H31N3O3.C21H27N3O5.C21H29N3O4/c1-2-11-26-13-5-14-27(16-15-26)12-4-7-17-6-3-8-18-21(17)24(32)28(23(18)31)19-9-10-20(29)25-22(19)30;1-3-4-13-24(2)14-6-5-8-15-9-7-10-16-19(15)22(29)25(21(16)28)17-11-12-18(26)23-20(17)27;1-3-4-13-24(2)14-6-5-8-16-9-7-10-17-18(16)15-25(22(17)28)19-11-12-20(26)23-21(19)27;1-3-4-11-23(2)12-6-13-29-16-8-5-7-14-18(16)21(28)24(20(14)27)15-9-10-17(25)22-19(15)26;1-3-4-11-23(2)12-6-13-28-18-8-5-7-15-16(18)14-24(21(15)27)17-9-10-19(25)22-20(17)26/h3,6,8,19H,2,4-5,7,9-16H2,1H3,(H,25,29,30);7,9-10,17H,3-6,8,11-14H2,1-2H3,(H,23,26,27);7,9-10,19H,3-6,8,11-15H2,1-2H3,(H,23,26,27);5,7-8,15H,3-4,6,9-13H2,1-2H3,(H,22,25,26);5,7-8,17H,3-4,6,9-14H2,1-2H3,(H,22,25,26). The number of aryl methyl sites for hydroxylation is 3. The van der Waals surface area contributed by atoms with E-state index < -0.39 is 95.2 Å². The predicted octanol–water partition coefficient (Wildman–Crippen LogP) is 9.62. The summed E-state index contributed by atoms with van der Waals surface area (Å²) in [7, 11) is 8.48. The second kappa shape index (κ2) is 54.8. The van der Waals surface area contributed by atoms with E-state index in [1.807, 2.05) is 42.5 Å². The van der Waals surface area contributed by atoms with Crippen LogP contribution in [0.5, 0.6) is 11.5 Å². The van der Waals surface area contributed by atoms with Gasteiger partial charge in [-0.15, -0.1) is 0 Å². The summed E-state index contributed by atoms with van der Waals surface area (Å²) in [5.74, 6) is -6.17. The number of rotatable bonds is 43. The van der Waals surface area contributed by atoms with E-state index in [9.17, 15) is 86.3 Å². The number of nitrogens with zero attached hydrogens (tertiary/aromatic N) is 11. The zero-order valence-electron chi connectivity index (χ0n) is 86.6. The minimum Gasteiger partial charge on any atom is -0.493 e. The van der Waals surface area contributed by atoms with Gasteiger partial charge in [0, 0.05) is 81.5 Å². The number of piperidine rings is 5. The Labute approximate surface area is 856 Å². The molecule has 36 heteroatoms. The summed E-state index contributed by atoms with van der Waals surface area (Å²) in [5, 5.41) is 11.4. The average Bonchev–Trinajstić information content (AvgIpc) is 1.61. The Kier molecular flexibility index (Phi) is 42.1. The van der Waals surface area contributed by atoms with Gasteiger partial charge in [-0.25, -0.2) is 0 Å². The van der Waals surface area contributed by atoms with Crippen molar-refractivity contribution in [2.75, 3.05) is 133 Å². The average molecular weight is 2010 g/mol. The minimum absolute atomic E-state index is 0.0920. The van der Waals surface area contributed by atoms with Crippen LogP contribution in [-0.2, 0) is 80.3 Å². The predicted molar refractivity (Wildman–Crippen MR) is 546 cm³/mol. The smallest absolute Gasteiger partial charge is 0.266 e. The molecule has 6 saturated heterocycles. The Morgan fingerprint density at radius 1 is 0.288 bits per heavy atom. The van der Waals surface area contributed by atoms with E-state index >= 15 is 0 Å². The maximum atomic E-state index is 13.2. The number of benzene rings is 5. The van der Waals surface area contributed by atoms with Crippen molar-refractivity contribution >= 4 is 106 Å². The SMILES string of the molecule is CCCCN(C)CCCCc1cccc2c1C(=O)N(C1CCC(=O)NC1=O)C2=O.CCCCN(C)CCCCc1cccc2c1CN(C1CCC(=O)NC1=O)C2=O.CCCCN(C)CCCOc1cccc2c1C(=O)N(C1CCC(=O)NC1=O)C2=O.CCCCN(C)CCCOc1cccc2c1CN(C1CCC(=O)NC1=O)C2=O.CCCN1CCCN(CCCc2cccc3c2C(=O)N(C2CCC(=O)NC2=O)C3=O)CC1. The first-order chi connectivity index (χ1) is 70.4. The second-order valence-electron chi connectivity index (χ2n) is 39.8. The number of amides is 18. The maximum absolute atomic E-state index is 13.2. The molecule has 11 aliphatic heterocycles. The minimum atomic E-state index is -0.972. The number of hydrogen-bond donors (Lipinski definition) is 5. The Balaban J connectivity index is 0.000000162. The monoisotopic (exact) mass is 2010 g/mol. The molecule has 5 unspecified atom stereocenters. The number of imide groups is 8. The van der Waals surface area contributed by atoms with Crippen molar-refractivity contribution in [1.29, 1.82) is 0 Å². The Morgan fingerprint density at radius 3 is 0.986 bits per heavy atom. The highest BCUT2D eigenvalue weighted by molar-refractivity contribution is 6.26. The van der Waals surface area contributed by atoms with Crippen molar-refractivity contribution in [3.63, 3.8) is 0 Å². The van der Waals surface area contributed by atoms with Crippen molar-refractivity contribution in [2.45, 2.75) is 271 Å². The van der Waals surface area contributed by atoms with Crippen LogP contribution in [0.3, 0.4) is 0 Å². The van der Waals surface area contributed by atoms with Crippen molar-refractivity contribution in [3.8, 4) is 11.5 Å². The van der Waals surface area contributed by atoms with Crippen LogP contribution in [0.25, 0.3) is 0 Å². The second-order valence-corrected chi connectivity index (χ2v) is 39.8. The molecule has 146 heavy (non-hydrogen) atoms. The third kappa shape index (κ3) is 28.9. The summed E-state index contributed by atoms with van der Waals surface area (Å²) >= 11 is 0. The van der Waals surface area contributed by atoms with E-state index in [1.165, 1.54) is 56.9 Å². The molecule has 11 heterocycles. The van der Waals surface area contributed by atoms with Gasteiger partial charge < -0.3 is 48.7 Å². The number of carbonyl (C=O) groups excluding carboxylic acids is 18. The van der Waals surface area contributed by atoms with Crippen LogP contribution >= 0.6 is 0 Å². The van der Waals surface area contributed by atoms with Gasteiger partial charge in [-0.1, -0.05) is 109 Å². The molecular weight excluding hydrogens is 1870 g/mol. The Hall–Kier alpha value is -12.5. The van der Waals surface area contributed by atoms with Crippen LogP contribution in [0.1, 0.15) is 319 Å². The molecule has 16 rings (SSSR count). The molecule has 788 valence electrons. The third-order valence-corrected chi connectivity index (χ3v) is 28.8. The summed E-state index contributed by atoms with van der Waals surface area (Å²) in [6.45, 7) is 27.6. The van der Waals surface area contributed by atoms with E-state index in [0.29, 0.717) is 96.9 Å². The highest BCUT2D eigenvalue weighted by atomic mass is 16.5. The highest BCUT2D eigenvalue weighted by Gasteiger charge is 2.50. The van der Waals surface area contributed by atoms with Gasteiger partial charge in [-0.2, -0.15) is 0 Å².